The van der Waals surface area contributed by atoms with Crippen molar-refractivity contribution in [3.05, 3.63) is 90.4 Å². The topological polar surface area (TPSA) is 76.0 Å². The first-order valence-corrected chi connectivity index (χ1v) is 12.0. The minimum absolute atomic E-state index is 0.0701. The Morgan fingerprint density at radius 2 is 2.09 bits per heavy atom. The predicted octanol–water partition coefficient (Wildman–Crippen LogP) is 5.40. The number of nitrogens with zero attached hydrogens (tertiary/aromatic N) is 4. The predicted molar refractivity (Wildman–Crippen MR) is 135 cm³/mol. The molecule has 0 spiro atoms. The van der Waals surface area contributed by atoms with Gasteiger partial charge in [-0.1, -0.05) is 18.2 Å². The third kappa shape index (κ3) is 4.14. The van der Waals surface area contributed by atoms with E-state index in [1.165, 1.54) is 0 Å². The van der Waals surface area contributed by atoms with E-state index < -0.39 is 0 Å². The van der Waals surface area contributed by atoms with Crippen molar-refractivity contribution in [1.29, 1.82) is 0 Å². The second kappa shape index (κ2) is 8.91. The van der Waals surface area contributed by atoms with Crippen LogP contribution in [0.1, 0.15) is 41.6 Å². The van der Waals surface area contributed by atoms with Crippen LogP contribution in [0.15, 0.2) is 79.2 Å². The molecule has 0 atom stereocenters. The molecule has 35 heavy (non-hydrogen) atoms. The van der Waals surface area contributed by atoms with Crippen molar-refractivity contribution in [2.45, 2.75) is 38.3 Å². The van der Waals surface area contributed by atoms with Gasteiger partial charge in [-0.05, 0) is 54.7 Å². The smallest absolute Gasteiger partial charge is 0.256 e. The minimum atomic E-state index is 0.0701. The zero-order valence-electron chi connectivity index (χ0n) is 19.6. The molecule has 4 aromatic rings. The molecule has 1 amide bonds. The molecule has 2 aliphatic carbocycles. The molecule has 0 aliphatic heterocycles. The highest BCUT2D eigenvalue weighted by Crippen LogP contribution is 2.35. The summed E-state index contributed by atoms with van der Waals surface area (Å²) in [6, 6.07) is 10.5. The quantitative estimate of drug-likeness (QED) is 0.397. The molecule has 0 saturated heterocycles. The molecule has 3 aromatic heterocycles. The number of ether oxygens (including phenoxy) is 1. The number of benzene rings is 1. The first-order valence-electron chi connectivity index (χ1n) is 12.0. The molecule has 0 unspecified atom stereocenters. The molecule has 176 valence electrons. The standard InChI is InChI=1S/C28H27N5O2/c1-35-24-9-7-22(8-10-24)32-18-26(25-11-4-20(13-27(25)32)21-15-30-31-16-21)28(34)33(23-5-6-23)17-19-3-2-12-29-14-19/h2-4,7,9,11-16,18,23H,5-6,8,10,17H2,1H3,(H,30,31). The van der Waals surface area contributed by atoms with Crippen LogP contribution in [0.5, 0.6) is 0 Å². The van der Waals surface area contributed by atoms with E-state index in [4.69, 9.17) is 4.74 Å². The number of hydrogen-bond donors (Lipinski definition) is 1. The fourth-order valence-electron chi connectivity index (χ4n) is 4.80. The second-order valence-corrected chi connectivity index (χ2v) is 9.15. The second-order valence-electron chi connectivity index (χ2n) is 9.15. The number of aromatic amines is 1. The van der Waals surface area contributed by atoms with Gasteiger partial charge in [-0.25, -0.2) is 0 Å². The van der Waals surface area contributed by atoms with E-state index in [2.05, 4.69) is 44.0 Å². The molecule has 2 aliphatic rings. The normalized spacial score (nSPS) is 15.6. The number of pyridine rings is 1. The molecule has 1 fully saturated rings. The number of H-pyrrole nitrogens is 1. The van der Waals surface area contributed by atoms with Crippen LogP contribution in [-0.4, -0.2) is 43.7 Å². The third-order valence-electron chi connectivity index (χ3n) is 6.85. The Bertz CT molecular complexity index is 1430. The lowest BCUT2D eigenvalue weighted by Gasteiger charge is -2.22. The maximum atomic E-state index is 14.0. The van der Waals surface area contributed by atoms with Gasteiger partial charge in [-0.3, -0.25) is 14.9 Å². The van der Waals surface area contributed by atoms with Gasteiger partial charge in [0, 0.05) is 60.4 Å². The van der Waals surface area contributed by atoms with Crippen LogP contribution in [-0.2, 0) is 11.3 Å². The van der Waals surface area contributed by atoms with E-state index in [-0.39, 0.29) is 11.9 Å². The summed E-state index contributed by atoms with van der Waals surface area (Å²) in [5, 5.41) is 7.95. The Kier molecular flexibility index (Phi) is 5.45. The number of aromatic nitrogens is 4. The van der Waals surface area contributed by atoms with E-state index in [0.29, 0.717) is 6.54 Å². The Balaban J connectivity index is 1.45. The Morgan fingerprint density at radius 1 is 1.17 bits per heavy atom. The number of hydrogen-bond acceptors (Lipinski definition) is 4. The number of nitrogens with one attached hydrogen (secondary N) is 1. The average molecular weight is 466 g/mol. The van der Waals surface area contributed by atoms with Gasteiger partial charge in [-0.2, -0.15) is 5.10 Å². The summed E-state index contributed by atoms with van der Waals surface area (Å²) in [5.74, 6) is 1.04. The van der Waals surface area contributed by atoms with Crippen LogP contribution >= 0.6 is 0 Å². The number of methoxy groups -OCH3 is 1. The van der Waals surface area contributed by atoms with Crippen molar-refractivity contribution in [3.8, 4) is 11.1 Å². The number of rotatable bonds is 7. The van der Waals surface area contributed by atoms with E-state index in [1.54, 1.807) is 13.3 Å². The molecule has 1 saturated carbocycles. The number of carbonyl (C=O) groups is 1. The van der Waals surface area contributed by atoms with Crippen molar-refractivity contribution >= 4 is 22.5 Å². The molecule has 0 bridgehead atoms. The fourth-order valence-corrected chi connectivity index (χ4v) is 4.80. The number of carbonyl (C=O) groups excluding carboxylic acids is 1. The first kappa shape index (κ1) is 21.4. The lowest BCUT2D eigenvalue weighted by molar-refractivity contribution is 0.0731. The SMILES string of the molecule is COC1=CC=C(n2cc(C(=O)N(Cc3cccnc3)C3CC3)c3ccc(-c4cn[nH]c4)cc32)CC1. The summed E-state index contributed by atoms with van der Waals surface area (Å²) in [6.45, 7) is 0.569. The highest BCUT2D eigenvalue weighted by atomic mass is 16.5. The first-order chi connectivity index (χ1) is 17.2. The van der Waals surface area contributed by atoms with Crippen LogP contribution in [0.4, 0.5) is 0 Å². The van der Waals surface area contributed by atoms with Gasteiger partial charge < -0.3 is 14.2 Å². The van der Waals surface area contributed by atoms with Gasteiger partial charge >= 0.3 is 0 Å². The zero-order valence-corrected chi connectivity index (χ0v) is 19.6. The van der Waals surface area contributed by atoms with Crippen LogP contribution in [0.2, 0.25) is 0 Å². The fraction of sp³-hybridized carbons (Fsp3) is 0.250. The van der Waals surface area contributed by atoms with Crippen LogP contribution < -0.4 is 0 Å². The van der Waals surface area contributed by atoms with Gasteiger partial charge in [0.25, 0.3) is 5.91 Å². The average Bonchev–Trinajstić information content (AvgIpc) is 3.45. The molecule has 1 N–H and O–H groups in total. The van der Waals surface area contributed by atoms with Gasteiger partial charge in [0.05, 0.1) is 30.1 Å². The molecule has 7 heteroatoms. The maximum Gasteiger partial charge on any atom is 0.256 e. The summed E-state index contributed by atoms with van der Waals surface area (Å²) in [5.41, 5.74) is 6.02. The highest BCUT2D eigenvalue weighted by molar-refractivity contribution is 6.08. The molecule has 7 nitrogen and oxygen atoms in total. The summed E-state index contributed by atoms with van der Waals surface area (Å²) >= 11 is 0. The van der Waals surface area contributed by atoms with Crippen molar-refractivity contribution in [2.24, 2.45) is 0 Å². The summed E-state index contributed by atoms with van der Waals surface area (Å²) in [7, 11) is 1.71. The lowest BCUT2D eigenvalue weighted by Crippen LogP contribution is -2.32. The van der Waals surface area contributed by atoms with Crippen molar-refractivity contribution < 1.29 is 9.53 Å². The third-order valence-corrected chi connectivity index (χ3v) is 6.85. The van der Waals surface area contributed by atoms with Gasteiger partial charge in [-0.15, -0.1) is 0 Å². The minimum Gasteiger partial charge on any atom is -0.501 e. The van der Waals surface area contributed by atoms with E-state index in [0.717, 1.165) is 70.3 Å². The summed E-state index contributed by atoms with van der Waals surface area (Å²) in [6.07, 6.45) is 17.2. The number of amides is 1. The van der Waals surface area contributed by atoms with E-state index >= 15 is 0 Å². The zero-order chi connectivity index (χ0) is 23.8. The maximum absolute atomic E-state index is 14.0. The van der Waals surface area contributed by atoms with Gasteiger partial charge in [0.15, 0.2) is 0 Å². The van der Waals surface area contributed by atoms with Gasteiger partial charge in [0.1, 0.15) is 0 Å². The molecular formula is C28H27N5O2. The highest BCUT2D eigenvalue weighted by Gasteiger charge is 2.34. The number of fused-ring (bicyclic) bond motifs is 1. The number of allylic oxidation sites excluding steroid dienone is 4. The Morgan fingerprint density at radius 3 is 2.77 bits per heavy atom. The van der Waals surface area contributed by atoms with Crippen LogP contribution in [0, 0.1) is 0 Å². The van der Waals surface area contributed by atoms with E-state index in [1.807, 2.05) is 47.9 Å². The summed E-state index contributed by atoms with van der Waals surface area (Å²) < 4.78 is 7.60. The van der Waals surface area contributed by atoms with Crippen LogP contribution in [0.3, 0.4) is 0 Å². The molecule has 1 aromatic carbocycles. The van der Waals surface area contributed by atoms with Crippen molar-refractivity contribution in [2.75, 3.05) is 7.11 Å². The lowest BCUT2D eigenvalue weighted by atomic mass is 10.0. The van der Waals surface area contributed by atoms with Gasteiger partial charge in [0.2, 0.25) is 0 Å². The Labute approximate surface area is 203 Å². The monoisotopic (exact) mass is 465 g/mol. The molecule has 6 rings (SSSR count). The molecule has 0 radical (unpaired) electrons. The Hall–Kier alpha value is -4.13. The van der Waals surface area contributed by atoms with Crippen molar-refractivity contribution in [3.63, 3.8) is 0 Å². The van der Waals surface area contributed by atoms with Crippen molar-refractivity contribution in [1.82, 2.24) is 24.6 Å². The van der Waals surface area contributed by atoms with E-state index in [9.17, 15) is 4.79 Å². The summed E-state index contributed by atoms with van der Waals surface area (Å²) in [4.78, 5) is 20.2. The molecular weight excluding hydrogens is 438 g/mol. The largest absolute Gasteiger partial charge is 0.501 e. The molecule has 3 heterocycles. The van der Waals surface area contributed by atoms with Crippen LogP contribution in [0.25, 0.3) is 27.7 Å².